The highest BCUT2D eigenvalue weighted by molar-refractivity contribution is 5.87. The van der Waals surface area contributed by atoms with Crippen molar-refractivity contribution in [1.82, 2.24) is 14.6 Å². The maximum absolute atomic E-state index is 11.1. The molecule has 0 atom stereocenters. The third-order valence-electron chi connectivity index (χ3n) is 2.39. The number of fused-ring (bicyclic) bond motifs is 1. The average Bonchev–Trinajstić information content (AvgIpc) is 2.96. The van der Waals surface area contributed by atoms with Crippen molar-refractivity contribution in [3.05, 3.63) is 42.3 Å². The molecule has 0 fully saturated rings. The van der Waals surface area contributed by atoms with E-state index in [1.54, 1.807) is 24.3 Å². The van der Waals surface area contributed by atoms with Crippen LogP contribution in [-0.4, -0.2) is 25.7 Å². The highest BCUT2D eigenvalue weighted by Crippen LogP contribution is 2.20. The van der Waals surface area contributed by atoms with Gasteiger partial charge in [0.1, 0.15) is 5.69 Å². The van der Waals surface area contributed by atoms with Crippen LogP contribution in [0.5, 0.6) is 0 Å². The van der Waals surface area contributed by atoms with Gasteiger partial charge in [0.15, 0.2) is 11.4 Å². The molecule has 0 radical (unpaired) electrons. The van der Waals surface area contributed by atoms with E-state index in [1.807, 2.05) is 0 Å². The van der Waals surface area contributed by atoms with Crippen LogP contribution in [0.2, 0.25) is 0 Å². The number of pyridine rings is 1. The summed E-state index contributed by atoms with van der Waals surface area (Å²) in [5, 5.41) is 17.0. The van der Waals surface area contributed by atoms with Crippen LogP contribution in [0.4, 0.5) is 0 Å². The highest BCUT2D eigenvalue weighted by Gasteiger charge is 2.16. The Balaban J connectivity index is 2.37. The molecule has 17 heavy (non-hydrogen) atoms. The van der Waals surface area contributed by atoms with Crippen molar-refractivity contribution in [2.24, 2.45) is 0 Å². The molecule has 3 aromatic rings. The van der Waals surface area contributed by atoms with Gasteiger partial charge in [-0.1, -0.05) is 6.07 Å². The molecule has 84 valence electrons. The van der Waals surface area contributed by atoms with Gasteiger partial charge in [-0.15, -0.1) is 10.2 Å². The van der Waals surface area contributed by atoms with Crippen LogP contribution < -0.4 is 0 Å². The van der Waals surface area contributed by atoms with Gasteiger partial charge in [0.25, 0.3) is 0 Å². The van der Waals surface area contributed by atoms with Crippen molar-refractivity contribution in [2.75, 3.05) is 0 Å². The van der Waals surface area contributed by atoms with Gasteiger partial charge in [-0.3, -0.25) is 4.40 Å². The Morgan fingerprint density at radius 3 is 2.82 bits per heavy atom. The topological polar surface area (TPSA) is 80.6 Å². The van der Waals surface area contributed by atoms with Crippen LogP contribution >= 0.6 is 0 Å². The normalized spacial score (nSPS) is 10.8. The first-order chi connectivity index (χ1) is 8.27. The van der Waals surface area contributed by atoms with E-state index in [2.05, 4.69) is 10.2 Å². The number of carbonyl (C=O) groups is 1. The molecule has 1 N–H and O–H groups in total. The van der Waals surface area contributed by atoms with Crippen LogP contribution in [0, 0.1) is 0 Å². The second-order valence-corrected chi connectivity index (χ2v) is 3.41. The number of aromatic carboxylic acids is 1. The van der Waals surface area contributed by atoms with Crippen molar-refractivity contribution < 1.29 is 14.3 Å². The molecular formula is C11H7N3O3. The Kier molecular flexibility index (Phi) is 1.94. The summed E-state index contributed by atoms with van der Waals surface area (Å²) in [5.41, 5.74) is 0.565. The predicted molar refractivity (Wildman–Crippen MR) is 57.6 cm³/mol. The Morgan fingerprint density at radius 1 is 1.24 bits per heavy atom. The molecule has 3 heterocycles. The lowest BCUT2D eigenvalue weighted by Crippen LogP contribution is -2.05. The summed E-state index contributed by atoms with van der Waals surface area (Å²) in [6.45, 7) is 0. The van der Waals surface area contributed by atoms with E-state index in [9.17, 15) is 4.79 Å². The van der Waals surface area contributed by atoms with Gasteiger partial charge in [-0.25, -0.2) is 4.79 Å². The lowest BCUT2D eigenvalue weighted by atomic mass is 10.3. The number of carboxylic acid groups (broad SMARTS) is 1. The van der Waals surface area contributed by atoms with Crippen molar-refractivity contribution in [1.29, 1.82) is 0 Å². The van der Waals surface area contributed by atoms with Crippen LogP contribution in [0.1, 0.15) is 10.5 Å². The SMILES string of the molecule is O=C(O)c1cccc2nnc(-c3ccco3)n12. The summed E-state index contributed by atoms with van der Waals surface area (Å²) >= 11 is 0. The molecule has 0 amide bonds. The second kappa shape index (κ2) is 3.44. The van der Waals surface area contributed by atoms with Crippen LogP contribution in [0.25, 0.3) is 17.2 Å². The molecule has 6 nitrogen and oxygen atoms in total. The van der Waals surface area contributed by atoms with Crippen molar-refractivity contribution in [2.45, 2.75) is 0 Å². The minimum atomic E-state index is -1.04. The molecule has 0 unspecified atom stereocenters. The number of furan rings is 1. The van der Waals surface area contributed by atoms with E-state index in [0.29, 0.717) is 17.2 Å². The maximum Gasteiger partial charge on any atom is 0.352 e. The van der Waals surface area contributed by atoms with Crippen LogP contribution in [0.15, 0.2) is 41.0 Å². The van der Waals surface area contributed by atoms with Crippen molar-refractivity contribution in [3.63, 3.8) is 0 Å². The monoisotopic (exact) mass is 229 g/mol. The van der Waals surface area contributed by atoms with Gasteiger partial charge in [-0.05, 0) is 24.3 Å². The zero-order valence-electron chi connectivity index (χ0n) is 8.57. The highest BCUT2D eigenvalue weighted by atomic mass is 16.4. The summed E-state index contributed by atoms with van der Waals surface area (Å²) in [5.74, 6) is -0.183. The Bertz CT molecular complexity index is 685. The zero-order valence-corrected chi connectivity index (χ0v) is 8.57. The predicted octanol–water partition coefficient (Wildman–Crippen LogP) is 1.69. The molecule has 0 aliphatic rings. The molecule has 0 aromatic carbocycles. The number of hydrogen-bond donors (Lipinski definition) is 1. The Labute approximate surface area is 95.1 Å². The Morgan fingerprint density at radius 2 is 2.12 bits per heavy atom. The third-order valence-corrected chi connectivity index (χ3v) is 2.39. The first kappa shape index (κ1) is 9.59. The largest absolute Gasteiger partial charge is 0.477 e. The quantitative estimate of drug-likeness (QED) is 0.723. The first-order valence-corrected chi connectivity index (χ1v) is 4.88. The fraction of sp³-hybridized carbons (Fsp3) is 0. The molecule has 0 aliphatic heterocycles. The van der Waals surface area contributed by atoms with E-state index in [-0.39, 0.29) is 5.69 Å². The van der Waals surface area contributed by atoms with Gasteiger partial charge < -0.3 is 9.52 Å². The summed E-state index contributed by atoms with van der Waals surface area (Å²) in [7, 11) is 0. The molecule has 0 aliphatic carbocycles. The minimum absolute atomic E-state index is 0.0962. The summed E-state index contributed by atoms with van der Waals surface area (Å²) in [4.78, 5) is 11.1. The first-order valence-electron chi connectivity index (χ1n) is 4.88. The molecule has 6 heteroatoms. The summed E-state index contributed by atoms with van der Waals surface area (Å²) in [6.07, 6.45) is 1.50. The standard InChI is InChI=1S/C11H7N3O3/c15-11(16)7-3-1-5-9-12-13-10(14(7)9)8-4-2-6-17-8/h1-6H,(H,15,16). The van der Waals surface area contributed by atoms with Crippen molar-refractivity contribution in [3.8, 4) is 11.6 Å². The van der Waals surface area contributed by atoms with Gasteiger partial charge in [0, 0.05) is 0 Å². The minimum Gasteiger partial charge on any atom is -0.477 e. The third kappa shape index (κ3) is 1.38. The number of rotatable bonds is 2. The van der Waals surface area contributed by atoms with Crippen LogP contribution in [0.3, 0.4) is 0 Å². The van der Waals surface area contributed by atoms with Gasteiger partial charge in [-0.2, -0.15) is 0 Å². The molecule has 0 bridgehead atoms. The zero-order chi connectivity index (χ0) is 11.8. The molecule has 3 aromatic heterocycles. The van der Waals surface area contributed by atoms with E-state index < -0.39 is 5.97 Å². The van der Waals surface area contributed by atoms with Gasteiger partial charge in [0.2, 0.25) is 5.82 Å². The lowest BCUT2D eigenvalue weighted by molar-refractivity contribution is 0.0689. The van der Waals surface area contributed by atoms with Crippen molar-refractivity contribution >= 4 is 11.6 Å². The van der Waals surface area contributed by atoms with Gasteiger partial charge >= 0.3 is 5.97 Å². The molecule has 0 saturated carbocycles. The van der Waals surface area contributed by atoms with Gasteiger partial charge in [0.05, 0.1) is 6.26 Å². The Hall–Kier alpha value is -2.63. The lowest BCUT2D eigenvalue weighted by Gasteiger charge is -2.01. The maximum atomic E-state index is 11.1. The van der Waals surface area contributed by atoms with E-state index in [1.165, 1.54) is 16.7 Å². The fourth-order valence-corrected chi connectivity index (χ4v) is 1.67. The average molecular weight is 229 g/mol. The number of nitrogens with zero attached hydrogens (tertiary/aromatic N) is 3. The molecule has 0 spiro atoms. The molecule has 0 saturated heterocycles. The second-order valence-electron chi connectivity index (χ2n) is 3.41. The summed E-state index contributed by atoms with van der Waals surface area (Å²) in [6, 6.07) is 8.21. The number of hydrogen-bond acceptors (Lipinski definition) is 4. The molecule has 3 rings (SSSR count). The number of aromatic nitrogens is 3. The van der Waals surface area contributed by atoms with E-state index in [4.69, 9.17) is 9.52 Å². The fourth-order valence-electron chi connectivity index (χ4n) is 1.67. The smallest absolute Gasteiger partial charge is 0.352 e. The van der Waals surface area contributed by atoms with Crippen LogP contribution in [-0.2, 0) is 0 Å². The number of carboxylic acids is 1. The van der Waals surface area contributed by atoms with E-state index >= 15 is 0 Å². The summed E-state index contributed by atoms with van der Waals surface area (Å²) < 4.78 is 6.65. The van der Waals surface area contributed by atoms with E-state index in [0.717, 1.165) is 0 Å². The molecular weight excluding hydrogens is 222 g/mol.